The number of benzene rings is 2. The summed E-state index contributed by atoms with van der Waals surface area (Å²) in [5.41, 5.74) is 1.52. The molecule has 3 aromatic rings. The molecule has 1 amide bonds. The van der Waals surface area contributed by atoms with E-state index in [-0.39, 0.29) is 12.5 Å². The summed E-state index contributed by atoms with van der Waals surface area (Å²) in [6, 6.07) is 16.1. The fourth-order valence-corrected chi connectivity index (χ4v) is 2.63. The van der Waals surface area contributed by atoms with Crippen LogP contribution in [0.5, 0.6) is 5.75 Å². The van der Waals surface area contributed by atoms with Crippen LogP contribution in [0, 0.1) is 6.92 Å². The molecular weight excluding hydrogens is 390 g/mol. The van der Waals surface area contributed by atoms with Gasteiger partial charge in [-0.1, -0.05) is 11.6 Å². The van der Waals surface area contributed by atoms with Gasteiger partial charge in [0, 0.05) is 36.6 Å². The number of nitrogens with one attached hydrogen (secondary N) is 2. The molecule has 0 radical (unpaired) electrons. The van der Waals surface area contributed by atoms with Crippen LogP contribution in [0.15, 0.2) is 54.6 Å². The van der Waals surface area contributed by atoms with Gasteiger partial charge in [0.2, 0.25) is 0 Å². The van der Waals surface area contributed by atoms with E-state index in [0.29, 0.717) is 28.1 Å². The minimum atomic E-state index is -0.247. The Morgan fingerprint density at radius 1 is 1.03 bits per heavy atom. The zero-order valence-corrected chi connectivity index (χ0v) is 17.2. The van der Waals surface area contributed by atoms with Gasteiger partial charge in [-0.2, -0.15) is 0 Å². The molecule has 0 aliphatic heterocycles. The Morgan fingerprint density at radius 3 is 2.34 bits per heavy atom. The Balaban J connectivity index is 1.56. The normalized spacial score (nSPS) is 10.3. The number of amides is 1. The van der Waals surface area contributed by atoms with Gasteiger partial charge < -0.3 is 20.3 Å². The quantitative estimate of drug-likeness (QED) is 0.604. The molecule has 0 saturated carbocycles. The standard InChI is InChI=1S/C21H22ClN5O2/c1-14-23-19(12-20(24-14)27(2)3)25-16-6-8-17(9-7-16)26-21(28)13-29-18-10-4-15(22)5-11-18/h4-12H,13H2,1-3H3,(H,26,28)(H,23,24,25). The number of hydrogen-bond acceptors (Lipinski definition) is 6. The molecule has 0 fully saturated rings. The summed E-state index contributed by atoms with van der Waals surface area (Å²) in [7, 11) is 3.86. The molecule has 7 nitrogen and oxygen atoms in total. The van der Waals surface area contributed by atoms with Gasteiger partial charge in [-0.15, -0.1) is 0 Å². The van der Waals surface area contributed by atoms with Crippen molar-refractivity contribution < 1.29 is 9.53 Å². The Kier molecular flexibility index (Phi) is 6.51. The van der Waals surface area contributed by atoms with Crippen molar-refractivity contribution in [3.8, 4) is 5.75 Å². The fourth-order valence-electron chi connectivity index (χ4n) is 2.51. The van der Waals surface area contributed by atoms with E-state index >= 15 is 0 Å². The average Bonchev–Trinajstić information content (AvgIpc) is 2.68. The second-order valence-corrected chi connectivity index (χ2v) is 6.98. The van der Waals surface area contributed by atoms with E-state index in [1.54, 1.807) is 24.3 Å². The smallest absolute Gasteiger partial charge is 0.262 e. The average molecular weight is 412 g/mol. The lowest BCUT2D eigenvalue weighted by molar-refractivity contribution is -0.118. The maximum atomic E-state index is 12.1. The summed E-state index contributed by atoms with van der Waals surface area (Å²) in [4.78, 5) is 22.8. The number of rotatable bonds is 7. The Bertz CT molecular complexity index is 975. The van der Waals surface area contributed by atoms with E-state index in [0.717, 1.165) is 11.5 Å². The highest BCUT2D eigenvalue weighted by atomic mass is 35.5. The number of hydrogen-bond donors (Lipinski definition) is 2. The Morgan fingerprint density at radius 2 is 1.69 bits per heavy atom. The van der Waals surface area contributed by atoms with Crippen LogP contribution in [0.25, 0.3) is 0 Å². The van der Waals surface area contributed by atoms with Crippen LogP contribution in [-0.2, 0) is 4.79 Å². The van der Waals surface area contributed by atoms with Crippen LogP contribution in [0.3, 0.4) is 0 Å². The summed E-state index contributed by atoms with van der Waals surface area (Å²) >= 11 is 5.83. The van der Waals surface area contributed by atoms with Crippen LogP contribution < -0.4 is 20.3 Å². The molecule has 0 unspecified atom stereocenters. The van der Waals surface area contributed by atoms with E-state index in [2.05, 4.69) is 20.6 Å². The summed E-state index contributed by atoms with van der Waals surface area (Å²) in [6.07, 6.45) is 0. The van der Waals surface area contributed by atoms with Crippen molar-refractivity contribution in [1.82, 2.24) is 9.97 Å². The van der Waals surface area contributed by atoms with Crippen LogP contribution in [0.2, 0.25) is 5.02 Å². The number of carbonyl (C=O) groups is 1. The third-order valence-electron chi connectivity index (χ3n) is 3.91. The molecule has 2 aromatic carbocycles. The maximum absolute atomic E-state index is 12.1. The predicted octanol–water partition coefficient (Wildman–Crippen LogP) is 4.27. The zero-order chi connectivity index (χ0) is 20.8. The SMILES string of the molecule is Cc1nc(Nc2ccc(NC(=O)COc3ccc(Cl)cc3)cc2)cc(N(C)C)n1. The van der Waals surface area contributed by atoms with E-state index in [1.807, 2.05) is 56.3 Å². The van der Waals surface area contributed by atoms with Crippen LogP contribution in [0.4, 0.5) is 23.0 Å². The first-order chi connectivity index (χ1) is 13.9. The largest absolute Gasteiger partial charge is 0.484 e. The van der Waals surface area contributed by atoms with E-state index in [4.69, 9.17) is 16.3 Å². The third-order valence-corrected chi connectivity index (χ3v) is 4.16. The van der Waals surface area contributed by atoms with Gasteiger partial charge in [0.1, 0.15) is 23.2 Å². The van der Waals surface area contributed by atoms with Gasteiger partial charge in [-0.3, -0.25) is 4.79 Å². The highest BCUT2D eigenvalue weighted by Gasteiger charge is 2.06. The first-order valence-corrected chi connectivity index (χ1v) is 9.35. The number of anilines is 4. The predicted molar refractivity (Wildman–Crippen MR) is 116 cm³/mol. The summed E-state index contributed by atoms with van der Waals surface area (Å²) < 4.78 is 5.44. The van der Waals surface area contributed by atoms with Crippen molar-refractivity contribution in [3.63, 3.8) is 0 Å². The molecule has 0 aliphatic rings. The van der Waals surface area contributed by atoms with Gasteiger partial charge in [0.05, 0.1) is 0 Å². The molecule has 0 aliphatic carbocycles. The first-order valence-electron chi connectivity index (χ1n) is 8.97. The van der Waals surface area contributed by atoms with Gasteiger partial charge in [0.25, 0.3) is 5.91 Å². The fraction of sp³-hybridized carbons (Fsp3) is 0.190. The number of carbonyl (C=O) groups excluding carboxylic acids is 1. The Hall–Kier alpha value is -3.32. The van der Waals surface area contributed by atoms with Crippen LogP contribution in [0.1, 0.15) is 5.82 Å². The molecule has 29 heavy (non-hydrogen) atoms. The van der Waals surface area contributed by atoms with Gasteiger partial charge in [0.15, 0.2) is 6.61 Å². The number of halogens is 1. The van der Waals surface area contributed by atoms with Gasteiger partial charge in [-0.05, 0) is 55.5 Å². The highest BCUT2D eigenvalue weighted by molar-refractivity contribution is 6.30. The topological polar surface area (TPSA) is 79.4 Å². The van der Waals surface area contributed by atoms with Crippen molar-refractivity contribution in [2.24, 2.45) is 0 Å². The number of aromatic nitrogens is 2. The Labute approximate surface area is 174 Å². The second kappa shape index (κ2) is 9.25. The summed E-state index contributed by atoms with van der Waals surface area (Å²) in [5.74, 6) is 2.55. The van der Waals surface area contributed by atoms with Gasteiger partial charge >= 0.3 is 0 Å². The molecule has 8 heteroatoms. The lowest BCUT2D eigenvalue weighted by Gasteiger charge is -2.14. The zero-order valence-electron chi connectivity index (χ0n) is 16.4. The minimum absolute atomic E-state index is 0.0881. The molecule has 0 bridgehead atoms. The van der Waals surface area contributed by atoms with Crippen LogP contribution in [-0.4, -0.2) is 36.6 Å². The van der Waals surface area contributed by atoms with Crippen molar-refractivity contribution in [1.29, 1.82) is 0 Å². The van der Waals surface area contributed by atoms with Crippen molar-refractivity contribution in [2.75, 3.05) is 36.2 Å². The summed E-state index contributed by atoms with van der Waals surface area (Å²) in [6.45, 7) is 1.76. The molecule has 2 N–H and O–H groups in total. The van der Waals surface area contributed by atoms with Gasteiger partial charge in [-0.25, -0.2) is 9.97 Å². The van der Waals surface area contributed by atoms with Crippen molar-refractivity contribution in [2.45, 2.75) is 6.92 Å². The third kappa shape index (κ3) is 6.08. The van der Waals surface area contributed by atoms with Crippen molar-refractivity contribution in [3.05, 3.63) is 65.4 Å². The molecule has 1 heterocycles. The maximum Gasteiger partial charge on any atom is 0.262 e. The lowest BCUT2D eigenvalue weighted by atomic mass is 10.2. The van der Waals surface area contributed by atoms with E-state index < -0.39 is 0 Å². The molecule has 150 valence electrons. The van der Waals surface area contributed by atoms with E-state index in [9.17, 15) is 4.79 Å². The first kappa shape index (κ1) is 20.4. The lowest BCUT2D eigenvalue weighted by Crippen LogP contribution is -2.20. The monoisotopic (exact) mass is 411 g/mol. The van der Waals surface area contributed by atoms with Crippen molar-refractivity contribution >= 4 is 40.5 Å². The number of aryl methyl sites for hydroxylation is 1. The highest BCUT2D eigenvalue weighted by Crippen LogP contribution is 2.20. The van der Waals surface area contributed by atoms with Crippen LogP contribution >= 0.6 is 11.6 Å². The molecule has 0 spiro atoms. The molecule has 1 aromatic heterocycles. The second-order valence-electron chi connectivity index (χ2n) is 6.55. The molecule has 0 atom stereocenters. The number of ether oxygens (including phenoxy) is 1. The molecular formula is C21H22ClN5O2. The molecule has 3 rings (SSSR count). The van der Waals surface area contributed by atoms with E-state index in [1.165, 1.54) is 0 Å². The number of nitrogens with zero attached hydrogens (tertiary/aromatic N) is 3. The minimum Gasteiger partial charge on any atom is -0.484 e. The molecule has 0 saturated heterocycles. The summed E-state index contributed by atoms with van der Waals surface area (Å²) in [5, 5.41) is 6.66.